The molecule has 0 unspecified atom stereocenters. The maximum atomic E-state index is 13.2. The first-order valence-electron chi connectivity index (χ1n) is 10.8. The number of ether oxygens (including phenoxy) is 1. The predicted octanol–water partition coefficient (Wildman–Crippen LogP) is 5.20. The van der Waals surface area contributed by atoms with Crippen molar-refractivity contribution in [2.75, 3.05) is 6.61 Å². The molecule has 32 heavy (non-hydrogen) atoms. The first-order chi connectivity index (χ1) is 15.4. The molecule has 6 heteroatoms. The molecule has 5 nitrogen and oxygen atoms in total. The smallest absolute Gasteiger partial charge is 0.261 e. The molecule has 3 rings (SSSR count). The van der Waals surface area contributed by atoms with Gasteiger partial charge in [0.15, 0.2) is 6.61 Å². The van der Waals surface area contributed by atoms with Crippen LogP contribution in [0.25, 0.3) is 10.8 Å². The van der Waals surface area contributed by atoms with Crippen LogP contribution in [0.4, 0.5) is 0 Å². The van der Waals surface area contributed by atoms with Gasteiger partial charge in [-0.15, -0.1) is 0 Å². The van der Waals surface area contributed by atoms with E-state index in [9.17, 15) is 9.59 Å². The Kier molecular flexibility index (Phi) is 8.12. The average Bonchev–Trinajstić information content (AvgIpc) is 2.81. The van der Waals surface area contributed by atoms with Gasteiger partial charge in [0, 0.05) is 23.0 Å². The third kappa shape index (κ3) is 6.01. The highest BCUT2D eigenvalue weighted by Crippen LogP contribution is 2.25. The minimum Gasteiger partial charge on any atom is -0.483 e. The van der Waals surface area contributed by atoms with Crippen LogP contribution in [-0.4, -0.2) is 35.4 Å². The summed E-state index contributed by atoms with van der Waals surface area (Å²) >= 11 is 6.00. The number of fused-ring (bicyclic) bond motifs is 1. The van der Waals surface area contributed by atoms with Crippen LogP contribution in [0, 0.1) is 0 Å². The second kappa shape index (κ2) is 11.0. The molecule has 0 aliphatic carbocycles. The molecule has 0 aliphatic heterocycles. The van der Waals surface area contributed by atoms with E-state index < -0.39 is 6.04 Å². The molecule has 1 N–H and O–H groups in total. The van der Waals surface area contributed by atoms with E-state index in [4.69, 9.17) is 16.3 Å². The first kappa shape index (κ1) is 23.6. The van der Waals surface area contributed by atoms with Gasteiger partial charge in [0.05, 0.1) is 0 Å². The molecule has 0 saturated heterocycles. The van der Waals surface area contributed by atoms with Crippen LogP contribution in [0.5, 0.6) is 5.75 Å². The number of nitrogens with zero attached hydrogens (tertiary/aromatic N) is 1. The van der Waals surface area contributed by atoms with Crippen LogP contribution in [0.1, 0.15) is 32.8 Å². The Morgan fingerprint density at radius 3 is 2.41 bits per heavy atom. The molecule has 3 aromatic carbocycles. The monoisotopic (exact) mass is 452 g/mol. The van der Waals surface area contributed by atoms with Gasteiger partial charge < -0.3 is 15.0 Å². The lowest BCUT2D eigenvalue weighted by molar-refractivity contribution is -0.142. The van der Waals surface area contributed by atoms with Crippen molar-refractivity contribution in [1.29, 1.82) is 0 Å². The van der Waals surface area contributed by atoms with E-state index >= 15 is 0 Å². The lowest BCUT2D eigenvalue weighted by atomic mass is 10.1. The summed E-state index contributed by atoms with van der Waals surface area (Å²) in [7, 11) is 0. The second-order valence-electron chi connectivity index (χ2n) is 7.91. The van der Waals surface area contributed by atoms with Crippen LogP contribution in [0.2, 0.25) is 5.02 Å². The van der Waals surface area contributed by atoms with Crippen LogP contribution in [0.15, 0.2) is 66.7 Å². The molecule has 0 saturated carbocycles. The normalized spacial score (nSPS) is 12.8. The van der Waals surface area contributed by atoms with Gasteiger partial charge in [0.1, 0.15) is 11.8 Å². The Hall–Kier alpha value is -3.05. The summed E-state index contributed by atoms with van der Waals surface area (Å²) in [6.07, 6.45) is 0.813. The van der Waals surface area contributed by atoms with Gasteiger partial charge in [0.25, 0.3) is 5.91 Å². The average molecular weight is 453 g/mol. The Labute approximate surface area is 194 Å². The molecule has 168 valence electrons. The Balaban J connectivity index is 1.78. The molecule has 2 amide bonds. The Bertz CT molecular complexity index is 1060. The Morgan fingerprint density at radius 2 is 1.69 bits per heavy atom. The van der Waals surface area contributed by atoms with Crippen molar-refractivity contribution in [2.24, 2.45) is 0 Å². The number of benzene rings is 3. The fourth-order valence-corrected chi connectivity index (χ4v) is 3.50. The van der Waals surface area contributed by atoms with Crippen LogP contribution < -0.4 is 10.1 Å². The summed E-state index contributed by atoms with van der Waals surface area (Å²) in [5.41, 5.74) is 0.885. The molecule has 2 atom stereocenters. The maximum absolute atomic E-state index is 13.2. The predicted molar refractivity (Wildman–Crippen MR) is 129 cm³/mol. The van der Waals surface area contributed by atoms with E-state index in [0.717, 1.165) is 22.8 Å². The molecule has 3 aromatic rings. The Morgan fingerprint density at radius 1 is 1.00 bits per heavy atom. The third-order valence-corrected chi connectivity index (χ3v) is 5.79. The largest absolute Gasteiger partial charge is 0.483 e. The zero-order valence-corrected chi connectivity index (χ0v) is 19.4. The third-order valence-electron chi connectivity index (χ3n) is 5.54. The number of rotatable bonds is 9. The molecule has 0 aromatic heterocycles. The van der Waals surface area contributed by atoms with Gasteiger partial charge in [0.2, 0.25) is 5.91 Å². The van der Waals surface area contributed by atoms with Gasteiger partial charge in [-0.3, -0.25) is 9.59 Å². The molecule has 0 fully saturated rings. The summed E-state index contributed by atoms with van der Waals surface area (Å²) in [4.78, 5) is 27.6. The summed E-state index contributed by atoms with van der Waals surface area (Å²) in [6, 6.07) is 20.2. The summed E-state index contributed by atoms with van der Waals surface area (Å²) in [6.45, 7) is 5.81. The van der Waals surface area contributed by atoms with E-state index in [2.05, 4.69) is 5.32 Å². The number of halogens is 1. The maximum Gasteiger partial charge on any atom is 0.261 e. The van der Waals surface area contributed by atoms with Crippen molar-refractivity contribution in [1.82, 2.24) is 10.2 Å². The highest BCUT2D eigenvalue weighted by atomic mass is 35.5. The first-order valence-corrected chi connectivity index (χ1v) is 11.2. The van der Waals surface area contributed by atoms with Crippen molar-refractivity contribution in [3.63, 3.8) is 0 Å². The number of hydrogen-bond donors (Lipinski definition) is 1. The SMILES string of the molecule is CC[C@@H](C)NC(=O)[C@@H](C)N(Cc1ccc(Cl)cc1)C(=O)COc1cccc2ccccc12. The minimum absolute atomic E-state index is 0.0318. The molecule has 0 heterocycles. The number of amides is 2. The summed E-state index contributed by atoms with van der Waals surface area (Å²) < 4.78 is 5.91. The van der Waals surface area contributed by atoms with Crippen molar-refractivity contribution >= 4 is 34.2 Å². The van der Waals surface area contributed by atoms with Gasteiger partial charge in [-0.25, -0.2) is 0 Å². The summed E-state index contributed by atoms with van der Waals surface area (Å²) in [5, 5.41) is 5.56. The number of nitrogens with one attached hydrogen (secondary N) is 1. The molecule has 0 radical (unpaired) electrons. The van der Waals surface area contributed by atoms with Gasteiger partial charge in [-0.05, 0) is 49.4 Å². The molecular formula is C26H29ClN2O3. The van der Waals surface area contributed by atoms with E-state index in [1.807, 2.05) is 68.4 Å². The quantitative estimate of drug-likeness (QED) is 0.485. The molecule has 0 bridgehead atoms. The highest BCUT2D eigenvalue weighted by molar-refractivity contribution is 6.30. The van der Waals surface area contributed by atoms with E-state index in [-0.39, 0.29) is 31.0 Å². The number of hydrogen-bond acceptors (Lipinski definition) is 3. The van der Waals surface area contributed by atoms with E-state index in [1.165, 1.54) is 0 Å². The van der Waals surface area contributed by atoms with Crippen molar-refractivity contribution in [2.45, 2.75) is 45.8 Å². The second-order valence-corrected chi connectivity index (χ2v) is 8.34. The lowest BCUT2D eigenvalue weighted by Crippen LogP contribution is -2.50. The topological polar surface area (TPSA) is 58.6 Å². The lowest BCUT2D eigenvalue weighted by Gasteiger charge is -2.29. The van der Waals surface area contributed by atoms with E-state index in [0.29, 0.717) is 10.8 Å². The van der Waals surface area contributed by atoms with Crippen molar-refractivity contribution in [3.05, 3.63) is 77.3 Å². The van der Waals surface area contributed by atoms with Gasteiger partial charge in [-0.2, -0.15) is 0 Å². The fraction of sp³-hybridized carbons (Fsp3) is 0.308. The molecule has 0 aliphatic rings. The highest BCUT2D eigenvalue weighted by Gasteiger charge is 2.27. The van der Waals surface area contributed by atoms with Crippen molar-refractivity contribution in [3.8, 4) is 5.75 Å². The number of carbonyl (C=O) groups is 2. The fourth-order valence-electron chi connectivity index (χ4n) is 3.38. The van der Waals surface area contributed by atoms with Gasteiger partial charge in [-0.1, -0.05) is 67.1 Å². The van der Waals surface area contributed by atoms with Crippen molar-refractivity contribution < 1.29 is 14.3 Å². The van der Waals surface area contributed by atoms with E-state index in [1.54, 1.807) is 24.0 Å². The zero-order chi connectivity index (χ0) is 23.1. The van der Waals surface area contributed by atoms with Crippen LogP contribution in [-0.2, 0) is 16.1 Å². The summed E-state index contributed by atoms with van der Waals surface area (Å²) in [5.74, 6) is 0.186. The van der Waals surface area contributed by atoms with Gasteiger partial charge >= 0.3 is 0 Å². The van der Waals surface area contributed by atoms with Crippen LogP contribution >= 0.6 is 11.6 Å². The standard InChI is InChI=1S/C26H29ClN2O3/c1-4-18(2)28-26(31)19(3)29(16-20-12-14-22(27)15-13-20)25(30)17-32-24-11-7-9-21-8-5-6-10-23(21)24/h5-15,18-19H,4,16-17H2,1-3H3,(H,28,31)/t18-,19-/m1/s1. The molecular weight excluding hydrogens is 424 g/mol. The zero-order valence-electron chi connectivity index (χ0n) is 18.7. The minimum atomic E-state index is -0.650. The molecule has 0 spiro atoms. The number of carbonyl (C=O) groups excluding carboxylic acids is 2. The van der Waals surface area contributed by atoms with Crippen LogP contribution in [0.3, 0.4) is 0 Å².